The van der Waals surface area contributed by atoms with E-state index in [2.05, 4.69) is 20.1 Å². The van der Waals surface area contributed by atoms with Crippen LogP contribution in [-0.2, 0) is 13.6 Å². The normalized spacial score (nSPS) is 11.9. The van der Waals surface area contributed by atoms with Crippen molar-refractivity contribution in [2.24, 2.45) is 7.05 Å². The van der Waals surface area contributed by atoms with Gasteiger partial charge in [0.1, 0.15) is 11.4 Å². The van der Waals surface area contributed by atoms with Gasteiger partial charge in [0.05, 0.1) is 24.1 Å². The lowest BCUT2D eigenvalue weighted by atomic mass is 10.2. The highest BCUT2D eigenvalue weighted by Gasteiger charge is 2.31. The summed E-state index contributed by atoms with van der Waals surface area (Å²) in [4.78, 5) is 16.4. The van der Waals surface area contributed by atoms with Crippen molar-refractivity contribution < 1.29 is 27.8 Å². The Morgan fingerprint density at radius 1 is 1.26 bits per heavy atom. The van der Waals surface area contributed by atoms with Gasteiger partial charge in [-0.25, -0.2) is 0 Å². The van der Waals surface area contributed by atoms with E-state index in [0.29, 0.717) is 22.8 Å². The highest BCUT2D eigenvalue weighted by molar-refractivity contribution is 6.04. The van der Waals surface area contributed by atoms with E-state index >= 15 is 0 Å². The quantitative estimate of drug-likeness (QED) is 0.488. The molecule has 3 heterocycles. The van der Waals surface area contributed by atoms with Gasteiger partial charge in [-0.1, -0.05) is 0 Å². The number of pyridine rings is 1. The number of ether oxygens (including phenoxy) is 1. The first-order valence-electron chi connectivity index (χ1n) is 9.30. The van der Waals surface area contributed by atoms with Gasteiger partial charge in [-0.15, -0.1) is 13.2 Å². The van der Waals surface area contributed by atoms with Gasteiger partial charge >= 0.3 is 6.36 Å². The summed E-state index contributed by atoms with van der Waals surface area (Å²) in [6, 6.07) is 7.60. The van der Waals surface area contributed by atoms with Crippen LogP contribution >= 0.6 is 0 Å². The summed E-state index contributed by atoms with van der Waals surface area (Å²) in [5.74, 6) is -0.701. The lowest BCUT2D eigenvalue weighted by Gasteiger charge is -2.08. The number of alkyl halides is 3. The molecule has 3 aromatic heterocycles. The molecule has 8 nitrogen and oxygen atoms in total. The number of hydrogen-bond donors (Lipinski definition) is 2. The van der Waals surface area contributed by atoms with Gasteiger partial charge in [0.2, 0.25) is 0 Å². The van der Waals surface area contributed by atoms with Crippen LogP contribution in [0.3, 0.4) is 0 Å². The Hall–Kier alpha value is -3.60. The largest absolute Gasteiger partial charge is 0.573 e. The first-order chi connectivity index (χ1) is 14.7. The van der Waals surface area contributed by atoms with E-state index in [-0.39, 0.29) is 24.6 Å². The minimum Gasteiger partial charge on any atom is -0.406 e. The monoisotopic (exact) mass is 433 g/mol. The molecule has 0 fully saturated rings. The van der Waals surface area contributed by atoms with Gasteiger partial charge in [0, 0.05) is 42.6 Å². The Labute approximate surface area is 173 Å². The average molecular weight is 433 g/mol. The lowest BCUT2D eigenvalue weighted by molar-refractivity contribution is -0.274. The van der Waals surface area contributed by atoms with E-state index in [1.54, 1.807) is 36.1 Å². The van der Waals surface area contributed by atoms with Crippen molar-refractivity contribution in [1.29, 1.82) is 0 Å². The van der Waals surface area contributed by atoms with Crippen molar-refractivity contribution >= 4 is 27.7 Å². The van der Waals surface area contributed by atoms with Crippen LogP contribution in [0, 0.1) is 0 Å². The Bertz CT molecular complexity index is 1260. The number of aliphatic hydroxyl groups excluding tert-OH is 1. The molecule has 4 aromatic rings. The number of nitrogens with one attached hydrogen (secondary N) is 1. The van der Waals surface area contributed by atoms with Crippen molar-refractivity contribution in [2.45, 2.75) is 12.9 Å². The van der Waals surface area contributed by atoms with Crippen molar-refractivity contribution in [3.8, 4) is 5.75 Å². The number of carbonyl (C=O) groups is 1. The van der Waals surface area contributed by atoms with E-state index in [9.17, 15) is 18.0 Å². The zero-order chi connectivity index (χ0) is 22.2. The topological polar surface area (TPSA) is 94.2 Å². The predicted octanol–water partition coefficient (Wildman–Crippen LogP) is 2.59. The third kappa shape index (κ3) is 4.31. The molecule has 0 saturated carbocycles. The average Bonchev–Trinajstić information content (AvgIpc) is 3.25. The number of benzene rings is 1. The molecule has 11 heteroatoms. The third-order valence-electron chi connectivity index (χ3n) is 4.76. The second-order valence-electron chi connectivity index (χ2n) is 6.86. The first-order valence-corrected chi connectivity index (χ1v) is 9.30. The van der Waals surface area contributed by atoms with Crippen molar-refractivity contribution in [2.75, 3.05) is 13.2 Å². The van der Waals surface area contributed by atoms with Crippen LogP contribution in [0.4, 0.5) is 13.2 Å². The van der Waals surface area contributed by atoms with Crippen molar-refractivity contribution in [3.05, 3.63) is 54.1 Å². The number of fused-ring (bicyclic) bond motifs is 2. The third-order valence-corrected chi connectivity index (χ3v) is 4.76. The van der Waals surface area contributed by atoms with Crippen molar-refractivity contribution in [3.63, 3.8) is 0 Å². The zero-order valence-corrected chi connectivity index (χ0v) is 16.3. The highest BCUT2D eigenvalue weighted by Crippen LogP contribution is 2.28. The molecule has 0 bridgehead atoms. The second kappa shape index (κ2) is 7.91. The lowest BCUT2D eigenvalue weighted by Crippen LogP contribution is -2.27. The summed E-state index contributed by atoms with van der Waals surface area (Å²) < 4.78 is 44.9. The fourth-order valence-corrected chi connectivity index (χ4v) is 3.41. The van der Waals surface area contributed by atoms with E-state index in [4.69, 9.17) is 5.11 Å². The highest BCUT2D eigenvalue weighted by atomic mass is 19.4. The molecule has 0 aliphatic heterocycles. The molecule has 0 unspecified atom stereocenters. The Kier molecular flexibility index (Phi) is 5.27. The first kappa shape index (κ1) is 20.7. The van der Waals surface area contributed by atoms with Gasteiger partial charge in [-0.05, 0) is 30.3 Å². The smallest absolute Gasteiger partial charge is 0.406 e. The van der Waals surface area contributed by atoms with Crippen LogP contribution in [0.2, 0.25) is 0 Å². The number of aliphatic hydroxyl groups is 1. The van der Waals surface area contributed by atoms with Crippen LogP contribution in [0.15, 0.2) is 42.7 Å². The van der Waals surface area contributed by atoms with E-state index in [1.165, 1.54) is 18.3 Å². The zero-order valence-electron chi connectivity index (χ0n) is 16.3. The molecule has 4 rings (SSSR count). The fraction of sp³-hybridized carbons (Fsp3) is 0.250. The molecule has 0 aliphatic rings. The molecule has 1 aromatic carbocycles. The maximum absolute atomic E-state index is 12.5. The number of rotatable bonds is 6. The molecular weight excluding hydrogens is 415 g/mol. The molecule has 31 heavy (non-hydrogen) atoms. The number of aromatic nitrogens is 4. The number of halogens is 3. The van der Waals surface area contributed by atoms with Crippen LogP contribution in [0.25, 0.3) is 21.8 Å². The molecule has 0 radical (unpaired) electrons. The predicted molar refractivity (Wildman–Crippen MR) is 106 cm³/mol. The van der Waals surface area contributed by atoms with Crippen LogP contribution in [0.5, 0.6) is 5.75 Å². The molecule has 0 aliphatic carbocycles. The summed E-state index contributed by atoms with van der Waals surface area (Å²) >= 11 is 0. The summed E-state index contributed by atoms with van der Waals surface area (Å²) in [5, 5.41) is 17.1. The molecule has 0 spiro atoms. The maximum Gasteiger partial charge on any atom is 0.573 e. The van der Waals surface area contributed by atoms with Gasteiger partial charge in [-0.3, -0.25) is 14.5 Å². The van der Waals surface area contributed by atoms with Crippen LogP contribution in [0.1, 0.15) is 16.2 Å². The second-order valence-corrected chi connectivity index (χ2v) is 6.86. The van der Waals surface area contributed by atoms with E-state index in [1.807, 2.05) is 4.57 Å². The molecule has 0 saturated heterocycles. The summed E-state index contributed by atoms with van der Waals surface area (Å²) in [6.07, 6.45) is -1.59. The summed E-state index contributed by atoms with van der Waals surface area (Å²) in [5.41, 5.74) is 2.31. The van der Waals surface area contributed by atoms with Gasteiger partial charge in [0.15, 0.2) is 0 Å². The standard InChI is InChI=1S/C20H18F3N5O3/c1-27-13(8-12-9-14(2-3-17(12)27)31-20(21,22)23)10-28-11-15-16(26-28)4-5-24-18(15)19(30)25-6-7-29/h2-5,8-9,11,29H,6-7,10H2,1H3,(H,25,30). The Morgan fingerprint density at radius 2 is 2.06 bits per heavy atom. The minimum atomic E-state index is -4.75. The minimum absolute atomic E-state index is 0.112. The Balaban J connectivity index is 1.64. The van der Waals surface area contributed by atoms with E-state index in [0.717, 1.165) is 11.2 Å². The number of amides is 1. The number of nitrogens with zero attached hydrogens (tertiary/aromatic N) is 4. The van der Waals surface area contributed by atoms with Gasteiger partial charge in [0.25, 0.3) is 5.91 Å². The molecule has 2 N–H and O–H groups in total. The summed E-state index contributed by atoms with van der Waals surface area (Å²) in [6.45, 7) is 0.256. The fourth-order valence-electron chi connectivity index (χ4n) is 3.41. The molecule has 0 atom stereocenters. The SMILES string of the molecule is Cn1c(Cn2cc3c(C(=O)NCCO)nccc3n2)cc2cc(OC(F)(F)F)ccc21. The molecule has 162 valence electrons. The van der Waals surface area contributed by atoms with Gasteiger partial charge in [-0.2, -0.15) is 5.10 Å². The van der Waals surface area contributed by atoms with Gasteiger partial charge < -0.3 is 19.7 Å². The number of hydrogen-bond acceptors (Lipinski definition) is 5. The maximum atomic E-state index is 12.5. The van der Waals surface area contributed by atoms with Crippen molar-refractivity contribution in [1.82, 2.24) is 24.6 Å². The van der Waals surface area contributed by atoms with Crippen LogP contribution in [-0.4, -0.2) is 49.9 Å². The number of aryl methyl sites for hydroxylation is 1. The molecular formula is C20H18F3N5O3. The van der Waals surface area contributed by atoms with Crippen LogP contribution < -0.4 is 10.1 Å². The van der Waals surface area contributed by atoms with E-state index < -0.39 is 12.3 Å². The molecule has 1 amide bonds. The number of carbonyl (C=O) groups excluding carboxylic acids is 1. The summed E-state index contributed by atoms with van der Waals surface area (Å²) in [7, 11) is 1.81. The Morgan fingerprint density at radius 3 is 2.81 bits per heavy atom.